The fourth-order valence-electron chi connectivity index (χ4n) is 3.79. The summed E-state index contributed by atoms with van der Waals surface area (Å²) in [5.74, 6) is 1.48. The molecule has 2 N–H and O–H groups in total. The largest absolute Gasteiger partial charge is 0.383 e. The second kappa shape index (κ2) is 7.33. The molecule has 1 aliphatic rings. The van der Waals surface area contributed by atoms with E-state index in [1.807, 2.05) is 11.3 Å². The van der Waals surface area contributed by atoms with E-state index in [2.05, 4.69) is 48.1 Å². The van der Waals surface area contributed by atoms with Crippen LogP contribution >= 0.6 is 11.3 Å². The molecule has 0 atom stereocenters. The Morgan fingerprint density at radius 2 is 1.77 bits per heavy atom. The molecule has 0 radical (unpaired) electrons. The molecule has 2 heterocycles. The zero-order chi connectivity index (χ0) is 18.1. The van der Waals surface area contributed by atoms with Gasteiger partial charge in [-0.3, -0.25) is 4.90 Å². The minimum absolute atomic E-state index is 0.657. The van der Waals surface area contributed by atoms with Gasteiger partial charge in [-0.2, -0.15) is 0 Å². The molecule has 0 saturated carbocycles. The highest BCUT2D eigenvalue weighted by Crippen LogP contribution is 2.37. The number of anilines is 1. The first-order chi connectivity index (χ1) is 12.6. The van der Waals surface area contributed by atoms with Gasteiger partial charge in [-0.05, 0) is 55.8 Å². The van der Waals surface area contributed by atoms with E-state index in [0.717, 1.165) is 35.4 Å². The second-order valence-electron chi connectivity index (χ2n) is 7.26. The van der Waals surface area contributed by atoms with E-state index in [4.69, 9.17) is 10.7 Å². The normalized spacial score (nSPS) is 14.1. The van der Waals surface area contributed by atoms with E-state index in [-0.39, 0.29) is 0 Å². The summed E-state index contributed by atoms with van der Waals surface area (Å²) >= 11 is 1.81. The van der Waals surface area contributed by atoms with Crippen molar-refractivity contribution in [1.82, 2.24) is 14.9 Å². The molecule has 5 heteroatoms. The minimum Gasteiger partial charge on any atom is -0.383 e. The summed E-state index contributed by atoms with van der Waals surface area (Å²) < 4.78 is 0. The van der Waals surface area contributed by atoms with Gasteiger partial charge in [0, 0.05) is 11.4 Å². The molecule has 1 aliphatic carbocycles. The molecule has 0 fully saturated rings. The molecule has 0 aliphatic heterocycles. The SMILES string of the molecule is CCc1ccc(CN(C)Cc2nc(N)c3c4c(sc3n2)CCCC4)cc1. The second-order valence-corrected chi connectivity index (χ2v) is 8.34. The topological polar surface area (TPSA) is 55.0 Å². The van der Waals surface area contributed by atoms with E-state index in [1.165, 1.54) is 40.8 Å². The van der Waals surface area contributed by atoms with Crippen molar-refractivity contribution in [2.75, 3.05) is 12.8 Å². The maximum atomic E-state index is 6.32. The van der Waals surface area contributed by atoms with Gasteiger partial charge in [0.15, 0.2) is 0 Å². The predicted octanol–water partition coefficient (Wildman–Crippen LogP) is 4.35. The Bertz CT molecular complexity index is 914. The first-order valence-corrected chi connectivity index (χ1v) is 10.3. The quantitative estimate of drug-likeness (QED) is 0.729. The fourth-order valence-corrected chi connectivity index (χ4v) is 5.08. The number of fused-ring (bicyclic) bond motifs is 3. The minimum atomic E-state index is 0.657. The Balaban J connectivity index is 1.52. The number of rotatable bonds is 5. The van der Waals surface area contributed by atoms with E-state index >= 15 is 0 Å². The van der Waals surface area contributed by atoms with Crippen LogP contribution in [0.1, 0.15) is 47.2 Å². The lowest BCUT2D eigenvalue weighted by molar-refractivity contribution is 0.311. The number of nitrogens with two attached hydrogens (primary N) is 1. The van der Waals surface area contributed by atoms with Crippen LogP contribution in [0.5, 0.6) is 0 Å². The lowest BCUT2D eigenvalue weighted by Crippen LogP contribution is -2.19. The number of hydrogen-bond acceptors (Lipinski definition) is 5. The first kappa shape index (κ1) is 17.4. The van der Waals surface area contributed by atoms with Crippen molar-refractivity contribution >= 4 is 27.4 Å². The number of aromatic nitrogens is 2. The Morgan fingerprint density at radius 3 is 2.54 bits per heavy atom. The Labute approximate surface area is 159 Å². The lowest BCUT2D eigenvalue weighted by atomic mass is 9.97. The highest BCUT2D eigenvalue weighted by Gasteiger charge is 2.20. The van der Waals surface area contributed by atoms with Crippen LogP contribution < -0.4 is 5.73 Å². The van der Waals surface area contributed by atoms with Crippen LogP contribution in [-0.4, -0.2) is 21.9 Å². The third-order valence-electron chi connectivity index (χ3n) is 5.18. The molecule has 1 aromatic carbocycles. The molecule has 0 bridgehead atoms. The molecule has 2 aromatic heterocycles. The molecule has 136 valence electrons. The zero-order valence-electron chi connectivity index (χ0n) is 15.6. The van der Waals surface area contributed by atoms with E-state index in [0.29, 0.717) is 12.4 Å². The third kappa shape index (κ3) is 3.46. The van der Waals surface area contributed by atoms with Gasteiger partial charge in [-0.1, -0.05) is 31.2 Å². The average Bonchev–Trinajstić information content (AvgIpc) is 3.01. The van der Waals surface area contributed by atoms with Crippen molar-refractivity contribution in [3.8, 4) is 0 Å². The third-order valence-corrected chi connectivity index (χ3v) is 6.37. The van der Waals surface area contributed by atoms with Crippen LogP contribution in [0.25, 0.3) is 10.2 Å². The highest BCUT2D eigenvalue weighted by atomic mass is 32.1. The molecule has 3 aromatic rings. The van der Waals surface area contributed by atoms with Gasteiger partial charge in [-0.25, -0.2) is 9.97 Å². The van der Waals surface area contributed by atoms with Crippen molar-refractivity contribution < 1.29 is 0 Å². The number of nitrogens with zero attached hydrogens (tertiary/aromatic N) is 3. The number of hydrogen-bond donors (Lipinski definition) is 1. The van der Waals surface area contributed by atoms with Gasteiger partial charge in [0.2, 0.25) is 0 Å². The van der Waals surface area contributed by atoms with Crippen molar-refractivity contribution in [3.63, 3.8) is 0 Å². The number of benzene rings is 1. The Morgan fingerprint density at radius 1 is 1.04 bits per heavy atom. The van der Waals surface area contributed by atoms with E-state index < -0.39 is 0 Å². The number of nitrogen functional groups attached to an aromatic ring is 1. The summed E-state index contributed by atoms with van der Waals surface area (Å²) in [5, 5.41) is 1.12. The lowest BCUT2D eigenvalue weighted by Gasteiger charge is -2.16. The molecule has 0 spiro atoms. The summed E-state index contributed by atoms with van der Waals surface area (Å²) in [6.07, 6.45) is 5.89. The van der Waals surface area contributed by atoms with E-state index in [1.54, 1.807) is 0 Å². The van der Waals surface area contributed by atoms with Crippen LogP contribution in [0.3, 0.4) is 0 Å². The van der Waals surface area contributed by atoms with Gasteiger partial charge in [0.1, 0.15) is 16.5 Å². The number of thiophene rings is 1. The summed E-state index contributed by atoms with van der Waals surface area (Å²) in [6, 6.07) is 8.84. The van der Waals surface area contributed by atoms with Crippen LogP contribution in [0.4, 0.5) is 5.82 Å². The maximum absolute atomic E-state index is 6.32. The van der Waals surface area contributed by atoms with Gasteiger partial charge < -0.3 is 5.73 Å². The molecule has 0 unspecified atom stereocenters. The molecule has 0 saturated heterocycles. The predicted molar refractivity (Wildman–Crippen MR) is 109 cm³/mol. The standard InChI is InChI=1S/C21H26N4S/c1-3-14-8-10-15(11-9-14)12-25(2)13-18-23-20(22)19-16-6-4-5-7-17(16)26-21(19)24-18/h8-11H,3-7,12-13H2,1-2H3,(H2,22,23,24). The molecular formula is C21H26N4S. The van der Waals surface area contributed by atoms with Crippen molar-refractivity contribution in [3.05, 3.63) is 51.7 Å². The van der Waals surface area contributed by atoms with Crippen molar-refractivity contribution in [2.45, 2.75) is 52.1 Å². The summed E-state index contributed by atoms with van der Waals surface area (Å²) in [7, 11) is 2.11. The van der Waals surface area contributed by atoms with Crippen molar-refractivity contribution in [2.24, 2.45) is 0 Å². The summed E-state index contributed by atoms with van der Waals surface area (Å²) in [6.45, 7) is 3.77. The Kier molecular flexibility index (Phi) is 4.92. The smallest absolute Gasteiger partial charge is 0.146 e. The molecular weight excluding hydrogens is 340 g/mol. The zero-order valence-corrected chi connectivity index (χ0v) is 16.4. The van der Waals surface area contributed by atoms with Crippen LogP contribution in [-0.2, 0) is 32.4 Å². The van der Waals surface area contributed by atoms with Gasteiger partial charge in [0.05, 0.1) is 11.9 Å². The summed E-state index contributed by atoms with van der Waals surface area (Å²) in [4.78, 5) is 14.2. The highest BCUT2D eigenvalue weighted by molar-refractivity contribution is 7.19. The van der Waals surface area contributed by atoms with Gasteiger partial charge in [-0.15, -0.1) is 11.3 Å². The number of aryl methyl sites for hydroxylation is 3. The Hall–Kier alpha value is -1.98. The van der Waals surface area contributed by atoms with Crippen LogP contribution in [0.15, 0.2) is 24.3 Å². The van der Waals surface area contributed by atoms with Gasteiger partial charge in [0.25, 0.3) is 0 Å². The van der Waals surface area contributed by atoms with E-state index in [9.17, 15) is 0 Å². The monoisotopic (exact) mass is 366 g/mol. The maximum Gasteiger partial charge on any atom is 0.146 e. The molecule has 4 nitrogen and oxygen atoms in total. The van der Waals surface area contributed by atoms with Crippen LogP contribution in [0.2, 0.25) is 0 Å². The molecule has 26 heavy (non-hydrogen) atoms. The molecule has 4 rings (SSSR count). The fraction of sp³-hybridized carbons (Fsp3) is 0.429. The average molecular weight is 367 g/mol. The summed E-state index contributed by atoms with van der Waals surface area (Å²) in [5.41, 5.74) is 10.4. The first-order valence-electron chi connectivity index (χ1n) is 9.47. The van der Waals surface area contributed by atoms with Gasteiger partial charge >= 0.3 is 0 Å². The van der Waals surface area contributed by atoms with Crippen LogP contribution in [0, 0.1) is 0 Å². The van der Waals surface area contributed by atoms with Crippen molar-refractivity contribution in [1.29, 1.82) is 0 Å². The molecule has 0 amide bonds.